The summed E-state index contributed by atoms with van der Waals surface area (Å²) in [5.41, 5.74) is 4.21. The van der Waals surface area contributed by atoms with Gasteiger partial charge >= 0.3 is 0 Å². The van der Waals surface area contributed by atoms with Crippen LogP contribution in [0.15, 0.2) is 18.2 Å². The standard InChI is InChI=1S/C36H62N4O2S/c1-24-12-10-13-25(2)32(24)30-17-31-38-33(37-30)39-43-29-15-11-14-26(16-29)21-40(28(23-41-31)20-34(3,4)5)22-27-18-35(6,7)42-36(8,9)19-27/h10,12-13,26-31,33,37-39H,11,14-23H2,1-9H3/t26?,28-,29?,30?,31?,33?/m1/s1. The van der Waals surface area contributed by atoms with E-state index in [2.05, 4.69) is 101 Å². The van der Waals surface area contributed by atoms with Gasteiger partial charge in [0.05, 0.1) is 17.8 Å². The van der Waals surface area contributed by atoms with E-state index in [4.69, 9.17) is 9.47 Å². The van der Waals surface area contributed by atoms with Gasteiger partial charge in [-0.1, -0.05) is 57.3 Å². The van der Waals surface area contributed by atoms with Crippen molar-refractivity contribution in [1.29, 1.82) is 0 Å². The molecule has 3 heterocycles. The molecular weight excluding hydrogens is 552 g/mol. The average Bonchev–Trinajstić information content (AvgIpc) is 2.87. The summed E-state index contributed by atoms with van der Waals surface area (Å²) in [5, 5.41) is 8.36. The molecule has 1 aromatic rings. The molecule has 3 saturated heterocycles. The van der Waals surface area contributed by atoms with Crippen LogP contribution in [0.2, 0.25) is 0 Å². The van der Waals surface area contributed by atoms with Gasteiger partial charge in [0.1, 0.15) is 12.5 Å². The maximum absolute atomic E-state index is 6.96. The Morgan fingerprint density at radius 2 is 1.67 bits per heavy atom. The Balaban J connectivity index is 1.43. The van der Waals surface area contributed by atoms with Crippen molar-refractivity contribution in [1.82, 2.24) is 20.3 Å². The third-order valence-corrected chi connectivity index (χ3v) is 11.2. The predicted molar refractivity (Wildman–Crippen MR) is 181 cm³/mol. The van der Waals surface area contributed by atoms with E-state index < -0.39 is 0 Å². The molecule has 1 aromatic carbocycles. The Morgan fingerprint density at radius 3 is 2.35 bits per heavy atom. The highest BCUT2D eigenvalue weighted by Crippen LogP contribution is 2.41. The number of hydrogen-bond acceptors (Lipinski definition) is 7. The van der Waals surface area contributed by atoms with E-state index in [-0.39, 0.29) is 35.2 Å². The minimum absolute atomic E-state index is 0.00579. The highest BCUT2D eigenvalue weighted by Gasteiger charge is 2.41. The van der Waals surface area contributed by atoms with E-state index in [1.165, 1.54) is 48.9 Å². The molecule has 6 nitrogen and oxygen atoms in total. The number of ether oxygens (including phenoxy) is 2. The van der Waals surface area contributed by atoms with Crippen LogP contribution >= 0.6 is 11.9 Å². The molecule has 3 N–H and O–H groups in total. The molecule has 0 amide bonds. The molecular formula is C36H62N4O2S. The van der Waals surface area contributed by atoms with Crippen LogP contribution in [0.3, 0.4) is 0 Å². The maximum atomic E-state index is 6.96. The molecule has 0 radical (unpaired) electrons. The number of rotatable bonds is 4. The number of benzene rings is 1. The highest BCUT2D eigenvalue weighted by atomic mass is 32.2. The van der Waals surface area contributed by atoms with Crippen molar-refractivity contribution in [3.63, 3.8) is 0 Å². The molecule has 4 fully saturated rings. The van der Waals surface area contributed by atoms with Gasteiger partial charge in [-0.3, -0.25) is 15.5 Å². The van der Waals surface area contributed by atoms with Crippen molar-refractivity contribution in [2.75, 3.05) is 19.7 Å². The fraction of sp³-hybridized carbons (Fsp3) is 0.833. The van der Waals surface area contributed by atoms with Crippen molar-refractivity contribution < 1.29 is 9.47 Å². The van der Waals surface area contributed by atoms with E-state index in [0.29, 0.717) is 17.2 Å². The highest BCUT2D eigenvalue weighted by molar-refractivity contribution is 7.98. The van der Waals surface area contributed by atoms with E-state index in [1.54, 1.807) is 0 Å². The number of fused-ring (bicyclic) bond motifs is 4. The van der Waals surface area contributed by atoms with E-state index in [1.807, 2.05) is 11.9 Å². The van der Waals surface area contributed by atoms with Crippen LogP contribution in [0.1, 0.15) is 123 Å². The average molecular weight is 615 g/mol. The topological polar surface area (TPSA) is 57.8 Å². The van der Waals surface area contributed by atoms with E-state index in [9.17, 15) is 0 Å². The molecule has 4 bridgehead atoms. The summed E-state index contributed by atoms with van der Waals surface area (Å²) >= 11 is 1.95. The Morgan fingerprint density at radius 1 is 0.977 bits per heavy atom. The Labute approximate surface area is 267 Å². The fourth-order valence-electron chi connectivity index (χ4n) is 8.91. The van der Waals surface area contributed by atoms with Gasteiger partial charge in [0.15, 0.2) is 0 Å². The summed E-state index contributed by atoms with van der Waals surface area (Å²) in [6.45, 7) is 24.0. The summed E-state index contributed by atoms with van der Waals surface area (Å²) in [5.74, 6) is 1.36. The largest absolute Gasteiger partial charge is 0.370 e. The van der Waals surface area contributed by atoms with Crippen LogP contribution in [-0.4, -0.2) is 59.6 Å². The lowest BCUT2D eigenvalue weighted by Crippen LogP contribution is -2.61. The second kappa shape index (κ2) is 13.6. The van der Waals surface area contributed by atoms with Crippen molar-refractivity contribution in [3.05, 3.63) is 34.9 Å². The van der Waals surface area contributed by atoms with Crippen molar-refractivity contribution in [2.24, 2.45) is 17.3 Å². The molecule has 0 aromatic heterocycles. The van der Waals surface area contributed by atoms with Gasteiger partial charge in [-0.2, -0.15) is 0 Å². The lowest BCUT2D eigenvalue weighted by molar-refractivity contribution is -0.176. The maximum Gasteiger partial charge on any atom is 0.123 e. The van der Waals surface area contributed by atoms with Crippen LogP contribution in [0.4, 0.5) is 0 Å². The molecule has 244 valence electrons. The summed E-state index contributed by atoms with van der Waals surface area (Å²) in [6, 6.07) is 7.32. The molecule has 5 unspecified atom stereocenters. The van der Waals surface area contributed by atoms with Gasteiger partial charge in [-0.05, 0) is 114 Å². The molecule has 1 aliphatic carbocycles. The SMILES string of the molecule is Cc1cccc(C)c1C1CC2NC(NSC3CCCC(C3)CN(CC3CC(C)(C)OC(C)(C)C3)[C@H](CC(C)(C)C)CO2)N1. The smallest absolute Gasteiger partial charge is 0.123 e. The molecule has 5 rings (SSSR count). The van der Waals surface area contributed by atoms with Gasteiger partial charge < -0.3 is 9.47 Å². The summed E-state index contributed by atoms with van der Waals surface area (Å²) in [4.78, 5) is 2.89. The minimum atomic E-state index is -0.0815. The van der Waals surface area contributed by atoms with Crippen molar-refractivity contribution >= 4 is 11.9 Å². The van der Waals surface area contributed by atoms with Gasteiger partial charge in [-0.25, -0.2) is 4.72 Å². The normalized spacial score (nSPS) is 34.5. The summed E-state index contributed by atoms with van der Waals surface area (Å²) < 4.78 is 17.3. The van der Waals surface area contributed by atoms with Crippen LogP contribution in [0, 0.1) is 31.1 Å². The molecule has 7 heteroatoms. The lowest BCUT2D eigenvalue weighted by atomic mass is 9.79. The summed E-state index contributed by atoms with van der Waals surface area (Å²) in [6.07, 6.45) is 9.58. The van der Waals surface area contributed by atoms with Crippen LogP contribution in [-0.2, 0) is 9.47 Å². The fourth-order valence-corrected chi connectivity index (χ4v) is 10.0. The third-order valence-electron chi connectivity index (χ3n) is 10.1. The van der Waals surface area contributed by atoms with Crippen molar-refractivity contribution in [2.45, 2.75) is 155 Å². The van der Waals surface area contributed by atoms with Crippen molar-refractivity contribution in [3.8, 4) is 0 Å². The zero-order valence-corrected chi connectivity index (χ0v) is 29.5. The molecule has 0 spiro atoms. The second-order valence-electron chi connectivity index (χ2n) is 16.8. The number of aryl methyl sites for hydroxylation is 2. The summed E-state index contributed by atoms with van der Waals surface area (Å²) in [7, 11) is 0. The quantitative estimate of drug-likeness (QED) is 0.305. The zero-order valence-electron chi connectivity index (χ0n) is 28.7. The molecule has 6 atom stereocenters. The van der Waals surface area contributed by atoms with Gasteiger partial charge in [0.25, 0.3) is 0 Å². The third kappa shape index (κ3) is 9.43. The molecule has 4 aliphatic rings. The van der Waals surface area contributed by atoms with Crippen LogP contribution in [0.25, 0.3) is 0 Å². The molecule has 3 aliphatic heterocycles. The van der Waals surface area contributed by atoms with Crippen LogP contribution in [0.5, 0.6) is 0 Å². The van der Waals surface area contributed by atoms with Gasteiger partial charge in [0.2, 0.25) is 0 Å². The first-order chi connectivity index (χ1) is 20.1. The van der Waals surface area contributed by atoms with Gasteiger partial charge in [-0.15, -0.1) is 0 Å². The molecule has 1 saturated carbocycles. The first kappa shape index (κ1) is 33.7. The minimum Gasteiger partial charge on any atom is -0.370 e. The number of nitrogens with one attached hydrogen (secondary N) is 3. The number of nitrogens with zero attached hydrogens (tertiary/aromatic N) is 1. The Kier molecular flexibility index (Phi) is 10.6. The first-order valence-electron chi connectivity index (χ1n) is 17.2. The second-order valence-corrected chi connectivity index (χ2v) is 18.0. The monoisotopic (exact) mass is 614 g/mol. The first-order valence-corrected chi connectivity index (χ1v) is 18.1. The van der Waals surface area contributed by atoms with Crippen LogP contribution < -0.4 is 15.4 Å². The lowest BCUT2D eigenvalue weighted by Gasteiger charge is -2.48. The van der Waals surface area contributed by atoms with Gasteiger partial charge in [0, 0.05) is 36.8 Å². The predicted octanol–water partition coefficient (Wildman–Crippen LogP) is 7.45. The molecule has 43 heavy (non-hydrogen) atoms. The Hall–Kier alpha value is -0.670. The Bertz CT molecular complexity index is 1040. The van der Waals surface area contributed by atoms with E-state index >= 15 is 0 Å². The zero-order chi connectivity index (χ0) is 31.0. The van der Waals surface area contributed by atoms with E-state index in [0.717, 1.165) is 44.8 Å². The number of hydrogen-bond donors (Lipinski definition) is 3.